The maximum absolute atomic E-state index is 12.2. The average molecular weight is 397 g/mol. The molecule has 7 nitrogen and oxygen atoms in total. The third-order valence-corrected chi connectivity index (χ3v) is 3.97. The van der Waals surface area contributed by atoms with Gasteiger partial charge in [-0.3, -0.25) is 20.4 Å². The van der Waals surface area contributed by atoms with Crippen LogP contribution in [0.1, 0.15) is 58.2 Å². The Labute approximate surface area is 170 Å². The molecule has 29 heavy (non-hydrogen) atoms. The number of carbonyl (C=O) groups excluding carboxylic acids is 3. The zero-order valence-electron chi connectivity index (χ0n) is 17.4. The summed E-state index contributed by atoms with van der Waals surface area (Å²) in [5.41, 5.74) is 7.85. The van der Waals surface area contributed by atoms with Crippen LogP contribution in [0.4, 0.5) is 4.79 Å². The average Bonchev–Trinajstić information content (AvgIpc) is 2.63. The Kier molecular flexibility index (Phi) is 6.98. The smallest absolute Gasteiger partial charge is 0.407 e. The number of alkyl carbamates (subject to hydrolysis) is 1. The van der Waals surface area contributed by atoms with Crippen molar-refractivity contribution in [3.8, 4) is 0 Å². The van der Waals surface area contributed by atoms with Gasteiger partial charge in [0.15, 0.2) is 0 Å². The van der Waals surface area contributed by atoms with Crippen LogP contribution in [0.25, 0.3) is 0 Å². The molecule has 0 aromatic heterocycles. The van der Waals surface area contributed by atoms with Crippen LogP contribution in [-0.4, -0.2) is 23.5 Å². The molecule has 0 aliphatic heterocycles. The van der Waals surface area contributed by atoms with Crippen molar-refractivity contribution in [1.29, 1.82) is 0 Å². The Bertz CT molecular complexity index is 899. The quantitative estimate of drug-likeness (QED) is 0.689. The van der Waals surface area contributed by atoms with Gasteiger partial charge in [-0.05, 0) is 63.9 Å². The van der Waals surface area contributed by atoms with Crippen molar-refractivity contribution in [1.82, 2.24) is 16.2 Å². The van der Waals surface area contributed by atoms with Gasteiger partial charge in [0, 0.05) is 17.7 Å². The number of hydrogen-bond acceptors (Lipinski definition) is 4. The zero-order chi connectivity index (χ0) is 21.6. The van der Waals surface area contributed by atoms with Gasteiger partial charge in [0.1, 0.15) is 5.60 Å². The van der Waals surface area contributed by atoms with Crippen molar-refractivity contribution in [2.75, 3.05) is 0 Å². The molecule has 154 valence electrons. The largest absolute Gasteiger partial charge is 0.444 e. The molecule has 0 fully saturated rings. The minimum atomic E-state index is -0.562. The van der Waals surface area contributed by atoms with E-state index in [1.54, 1.807) is 51.1 Å². The SMILES string of the molecule is Cc1ccc(C(=O)NNC(=O)c2ccc(CNC(=O)OC(C)(C)C)cc2)c(C)c1. The van der Waals surface area contributed by atoms with E-state index < -0.39 is 17.6 Å². The highest BCUT2D eigenvalue weighted by molar-refractivity contribution is 5.99. The van der Waals surface area contributed by atoms with E-state index in [1.165, 1.54) is 0 Å². The van der Waals surface area contributed by atoms with Gasteiger partial charge >= 0.3 is 6.09 Å². The van der Waals surface area contributed by atoms with Crippen LogP contribution in [0, 0.1) is 13.8 Å². The zero-order valence-corrected chi connectivity index (χ0v) is 17.4. The van der Waals surface area contributed by atoms with Gasteiger partial charge < -0.3 is 10.1 Å². The Morgan fingerprint density at radius 2 is 1.52 bits per heavy atom. The number of amides is 3. The lowest BCUT2D eigenvalue weighted by Crippen LogP contribution is -2.41. The van der Waals surface area contributed by atoms with Crippen LogP contribution in [-0.2, 0) is 11.3 Å². The molecule has 0 saturated carbocycles. The van der Waals surface area contributed by atoms with Crippen LogP contribution >= 0.6 is 0 Å². The van der Waals surface area contributed by atoms with Crippen molar-refractivity contribution in [2.45, 2.75) is 46.8 Å². The third kappa shape index (κ3) is 6.95. The predicted octanol–water partition coefficient (Wildman–Crippen LogP) is 3.40. The van der Waals surface area contributed by atoms with Crippen molar-refractivity contribution in [2.24, 2.45) is 0 Å². The highest BCUT2D eigenvalue weighted by atomic mass is 16.6. The molecule has 3 N–H and O–H groups in total. The van der Waals surface area contributed by atoms with Crippen molar-refractivity contribution >= 4 is 17.9 Å². The maximum atomic E-state index is 12.2. The number of hydrazine groups is 1. The highest BCUT2D eigenvalue weighted by Crippen LogP contribution is 2.10. The summed E-state index contributed by atoms with van der Waals surface area (Å²) in [7, 11) is 0. The molecule has 0 aliphatic carbocycles. The van der Waals surface area contributed by atoms with Crippen molar-refractivity contribution in [3.05, 3.63) is 70.3 Å². The number of ether oxygens (including phenoxy) is 1. The van der Waals surface area contributed by atoms with Crippen molar-refractivity contribution in [3.63, 3.8) is 0 Å². The Morgan fingerprint density at radius 3 is 2.10 bits per heavy atom. The summed E-state index contributed by atoms with van der Waals surface area (Å²) in [5, 5.41) is 2.65. The predicted molar refractivity (Wildman–Crippen MR) is 110 cm³/mol. The Morgan fingerprint density at radius 1 is 0.897 bits per heavy atom. The lowest BCUT2D eigenvalue weighted by Gasteiger charge is -2.19. The first kappa shape index (κ1) is 21.9. The van der Waals surface area contributed by atoms with E-state index in [4.69, 9.17) is 4.74 Å². The normalized spacial score (nSPS) is 10.8. The van der Waals surface area contributed by atoms with E-state index in [-0.39, 0.29) is 12.5 Å². The second kappa shape index (κ2) is 9.23. The van der Waals surface area contributed by atoms with Crippen LogP contribution in [0.2, 0.25) is 0 Å². The van der Waals surface area contributed by atoms with Gasteiger partial charge in [0.05, 0.1) is 0 Å². The molecule has 0 heterocycles. The Hall–Kier alpha value is -3.35. The molecular weight excluding hydrogens is 370 g/mol. The number of nitrogens with one attached hydrogen (secondary N) is 3. The number of benzene rings is 2. The highest BCUT2D eigenvalue weighted by Gasteiger charge is 2.16. The third-order valence-electron chi connectivity index (χ3n) is 3.97. The molecule has 7 heteroatoms. The van der Waals surface area contributed by atoms with Crippen LogP contribution in [0.5, 0.6) is 0 Å². The summed E-state index contributed by atoms with van der Waals surface area (Å²) >= 11 is 0. The van der Waals surface area contributed by atoms with E-state index in [2.05, 4.69) is 16.2 Å². The maximum Gasteiger partial charge on any atom is 0.407 e. The lowest BCUT2D eigenvalue weighted by atomic mass is 10.1. The molecule has 2 aromatic carbocycles. The Balaban J connectivity index is 1.87. The minimum absolute atomic E-state index is 0.278. The molecule has 3 amide bonds. The molecule has 0 bridgehead atoms. The standard InChI is InChI=1S/C22H27N3O4/c1-14-6-11-18(15(2)12-14)20(27)25-24-19(26)17-9-7-16(8-10-17)13-23-21(28)29-22(3,4)5/h6-12H,13H2,1-5H3,(H,23,28)(H,24,26)(H,25,27). The van der Waals surface area contributed by atoms with Crippen LogP contribution in [0.15, 0.2) is 42.5 Å². The van der Waals surface area contributed by atoms with Gasteiger partial charge in [-0.2, -0.15) is 0 Å². The molecule has 0 atom stereocenters. The topological polar surface area (TPSA) is 96.5 Å². The van der Waals surface area contributed by atoms with Crippen LogP contribution < -0.4 is 16.2 Å². The van der Waals surface area contributed by atoms with Gasteiger partial charge in [0.2, 0.25) is 0 Å². The van der Waals surface area contributed by atoms with Crippen molar-refractivity contribution < 1.29 is 19.1 Å². The van der Waals surface area contributed by atoms with E-state index >= 15 is 0 Å². The molecule has 2 rings (SSSR count). The summed E-state index contributed by atoms with van der Waals surface area (Å²) in [4.78, 5) is 36.2. The first-order valence-electron chi connectivity index (χ1n) is 9.29. The van der Waals surface area contributed by atoms with Gasteiger partial charge in [-0.25, -0.2) is 4.79 Å². The molecule has 0 radical (unpaired) electrons. The fourth-order valence-corrected chi connectivity index (χ4v) is 2.58. The first-order chi connectivity index (χ1) is 13.5. The van der Waals surface area contributed by atoms with Gasteiger partial charge in [-0.1, -0.05) is 29.8 Å². The number of aryl methyl sites for hydroxylation is 2. The summed E-state index contributed by atoms with van der Waals surface area (Å²) in [6, 6.07) is 12.1. The summed E-state index contributed by atoms with van der Waals surface area (Å²) in [6.07, 6.45) is -0.506. The second-order valence-corrected chi connectivity index (χ2v) is 7.78. The van der Waals surface area contributed by atoms with E-state index in [1.807, 2.05) is 26.0 Å². The van der Waals surface area contributed by atoms with Gasteiger partial charge in [0.25, 0.3) is 11.8 Å². The molecule has 0 unspecified atom stereocenters. The number of carbonyl (C=O) groups is 3. The lowest BCUT2D eigenvalue weighted by molar-refractivity contribution is 0.0523. The second-order valence-electron chi connectivity index (χ2n) is 7.78. The van der Waals surface area contributed by atoms with E-state index in [9.17, 15) is 14.4 Å². The number of hydrogen-bond donors (Lipinski definition) is 3. The minimum Gasteiger partial charge on any atom is -0.444 e. The molecule has 0 saturated heterocycles. The molecule has 2 aromatic rings. The van der Waals surface area contributed by atoms with Crippen LogP contribution in [0.3, 0.4) is 0 Å². The molecule has 0 aliphatic rings. The first-order valence-corrected chi connectivity index (χ1v) is 9.29. The number of rotatable bonds is 4. The summed E-state index contributed by atoms with van der Waals surface area (Å²) < 4.78 is 5.17. The molecule has 0 spiro atoms. The van der Waals surface area contributed by atoms with E-state index in [0.717, 1.165) is 16.7 Å². The molecular formula is C22H27N3O4. The summed E-state index contributed by atoms with van der Waals surface area (Å²) in [6.45, 7) is 9.44. The summed E-state index contributed by atoms with van der Waals surface area (Å²) in [5.74, 6) is -0.816. The van der Waals surface area contributed by atoms with Gasteiger partial charge in [-0.15, -0.1) is 0 Å². The fourth-order valence-electron chi connectivity index (χ4n) is 2.58. The fraction of sp³-hybridized carbons (Fsp3) is 0.318. The van der Waals surface area contributed by atoms with E-state index in [0.29, 0.717) is 11.1 Å². The monoisotopic (exact) mass is 397 g/mol.